The maximum Gasteiger partial charge on any atom is 0.237 e. The Morgan fingerprint density at radius 1 is 1.32 bits per heavy atom. The molecule has 0 spiro atoms. The van der Waals surface area contributed by atoms with E-state index in [2.05, 4.69) is 5.32 Å². The fraction of sp³-hybridized carbons (Fsp3) is 0.588. The van der Waals surface area contributed by atoms with E-state index in [0.29, 0.717) is 19.8 Å². The molecule has 0 saturated heterocycles. The number of rotatable bonds is 7. The second kappa shape index (κ2) is 8.15. The summed E-state index contributed by atoms with van der Waals surface area (Å²) in [4.78, 5) is 12.1. The van der Waals surface area contributed by atoms with Crippen LogP contribution < -0.4 is 15.8 Å². The van der Waals surface area contributed by atoms with Crippen molar-refractivity contribution in [1.29, 1.82) is 0 Å². The summed E-state index contributed by atoms with van der Waals surface area (Å²) in [6.07, 6.45) is 0. The Labute approximate surface area is 133 Å². The zero-order valence-corrected chi connectivity index (χ0v) is 14.2. The first-order valence-corrected chi connectivity index (χ1v) is 7.50. The van der Waals surface area contributed by atoms with Crippen molar-refractivity contribution in [3.8, 4) is 5.75 Å². The molecule has 0 aliphatic carbocycles. The van der Waals surface area contributed by atoms with Gasteiger partial charge < -0.3 is 20.5 Å². The van der Waals surface area contributed by atoms with Gasteiger partial charge in [0.2, 0.25) is 5.91 Å². The largest absolute Gasteiger partial charge is 0.491 e. The fourth-order valence-corrected chi connectivity index (χ4v) is 1.86. The molecule has 1 aromatic carbocycles. The maximum atomic E-state index is 12.1. The van der Waals surface area contributed by atoms with Crippen molar-refractivity contribution in [3.63, 3.8) is 0 Å². The van der Waals surface area contributed by atoms with Gasteiger partial charge in [-0.15, -0.1) is 0 Å². The number of hydrogen-bond donors (Lipinski definition) is 2. The summed E-state index contributed by atoms with van der Waals surface area (Å²) >= 11 is 0. The number of carbonyl (C=O) groups excluding carboxylic acids is 1. The number of nitrogens with one attached hydrogen (secondary N) is 1. The summed E-state index contributed by atoms with van der Waals surface area (Å²) in [6.45, 7) is 9.23. The van der Waals surface area contributed by atoms with Crippen molar-refractivity contribution in [2.45, 2.75) is 40.3 Å². The molecule has 0 aromatic heterocycles. The number of carbonyl (C=O) groups is 1. The van der Waals surface area contributed by atoms with E-state index in [-0.39, 0.29) is 11.3 Å². The minimum absolute atomic E-state index is 0.157. The quantitative estimate of drug-likeness (QED) is 0.756. The van der Waals surface area contributed by atoms with E-state index in [1.54, 1.807) is 7.11 Å². The number of methoxy groups -OCH3 is 1. The molecule has 22 heavy (non-hydrogen) atoms. The number of amides is 1. The first-order chi connectivity index (χ1) is 10.3. The van der Waals surface area contributed by atoms with E-state index in [0.717, 1.165) is 16.9 Å². The topological polar surface area (TPSA) is 73.6 Å². The third-order valence-electron chi connectivity index (χ3n) is 3.44. The number of aryl methyl sites for hydroxylation is 1. The van der Waals surface area contributed by atoms with E-state index >= 15 is 0 Å². The Kier molecular flexibility index (Phi) is 6.84. The van der Waals surface area contributed by atoms with Crippen LogP contribution in [0.2, 0.25) is 0 Å². The molecule has 124 valence electrons. The summed E-state index contributed by atoms with van der Waals surface area (Å²) < 4.78 is 10.7. The number of hydrogen-bond acceptors (Lipinski definition) is 4. The molecule has 1 rings (SSSR count). The lowest BCUT2D eigenvalue weighted by molar-refractivity contribution is -0.124. The van der Waals surface area contributed by atoms with Crippen LogP contribution in [-0.2, 0) is 16.1 Å². The molecule has 0 bridgehead atoms. The smallest absolute Gasteiger partial charge is 0.237 e. The van der Waals surface area contributed by atoms with Crippen molar-refractivity contribution >= 4 is 5.91 Å². The molecule has 1 aromatic rings. The van der Waals surface area contributed by atoms with Crippen LogP contribution in [0.3, 0.4) is 0 Å². The molecule has 0 saturated carbocycles. The van der Waals surface area contributed by atoms with Gasteiger partial charge in [0.15, 0.2) is 0 Å². The molecular weight excluding hydrogens is 280 g/mol. The maximum absolute atomic E-state index is 12.1. The first kappa shape index (κ1) is 18.5. The molecule has 5 heteroatoms. The van der Waals surface area contributed by atoms with Gasteiger partial charge in [0.1, 0.15) is 12.4 Å². The van der Waals surface area contributed by atoms with Gasteiger partial charge in [-0.25, -0.2) is 0 Å². The Hall–Kier alpha value is -1.59. The van der Waals surface area contributed by atoms with Crippen LogP contribution in [0.1, 0.15) is 31.9 Å². The van der Waals surface area contributed by atoms with Gasteiger partial charge in [-0.05, 0) is 24.0 Å². The first-order valence-electron chi connectivity index (χ1n) is 7.50. The van der Waals surface area contributed by atoms with Gasteiger partial charge in [-0.2, -0.15) is 0 Å². The predicted octanol–water partition coefficient (Wildman–Crippen LogP) is 2.01. The molecule has 5 nitrogen and oxygen atoms in total. The normalized spacial score (nSPS) is 12.8. The van der Waals surface area contributed by atoms with E-state index in [4.69, 9.17) is 15.2 Å². The van der Waals surface area contributed by atoms with Crippen molar-refractivity contribution in [3.05, 3.63) is 29.3 Å². The summed E-state index contributed by atoms with van der Waals surface area (Å²) in [7, 11) is 1.63. The van der Waals surface area contributed by atoms with Crippen LogP contribution in [0.15, 0.2) is 18.2 Å². The monoisotopic (exact) mass is 308 g/mol. The van der Waals surface area contributed by atoms with Crippen LogP contribution in [0.5, 0.6) is 5.75 Å². The minimum Gasteiger partial charge on any atom is -0.491 e. The molecule has 0 heterocycles. The average molecular weight is 308 g/mol. The number of nitrogens with two attached hydrogens (primary N) is 1. The Morgan fingerprint density at radius 3 is 2.59 bits per heavy atom. The zero-order valence-electron chi connectivity index (χ0n) is 14.2. The molecule has 0 aliphatic rings. The standard InChI is InChI=1S/C17H28N2O3/c1-12-6-7-13(14(10-12)22-9-8-21-5)11-19-16(20)15(18)17(2,3)4/h6-7,10,15H,8-9,11,18H2,1-5H3,(H,19,20)/t15-/m1/s1. The minimum atomic E-state index is -0.546. The third kappa shape index (κ3) is 5.66. The average Bonchev–Trinajstić information content (AvgIpc) is 2.44. The summed E-state index contributed by atoms with van der Waals surface area (Å²) in [6, 6.07) is 5.37. The van der Waals surface area contributed by atoms with Crippen LogP contribution in [-0.4, -0.2) is 32.3 Å². The Morgan fingerprint density at radius 2 is 2.00 bits per heavy atom. The van der Waals surface area contributed by atoms with Crippen LogP contribution >= 0.6 is 0 Å². The second-order valence-electron chi connectivity index (χ2n) is 6.51. The summed E-state index contributed by atoms with van der Waals surface area (Å²) in [5, 5.41) is 2.88. The molecule has 0 aliphatic heterocycles. The van der Waals surface area contributed by atoms with E-state index in [9.17, 15) is 4.79 Å². The highest BCUT2D eigenvalue weighted by Gasteiger charge is 2.27. The highest BCUT2D eigenvalue weighted by Crippen LogP contribution is 2.21. The van der Waals surface area contributed by atoms with Crippen LogP contribution in [0.25, 0.3) is 0 Å². The Bertz CT molecular complexity index is 495. The SMILES string of the molecule is COCCOc1cc(C)ccc1CNC(=O)[C@@H](N)C(C)(C)C. The van der Waals surface area contributed by atoms with Gasteiger partial charge in [-0.3, -0.25) is 4.79 Å². The molecule has 1 amide bonds. The number of ether oxygens (including phenoxy) is 2. The molecule has 0 radical (unpaired) electrons. The van der Waals surface area contributed by atoms with Gasteiger partial charge in [-0.1, -0.05) is 32.9 Å². The van der Waals surface area contributed by atoms with Crippen LogP contribution in [0, 0.1) is 12.3 Å². The van der Waals surface area contributed by atoms with Crippen LogP contribution in [0.4, 0.5) is 0 Å². The summed E-state index contributed by atoms with van der Waals surface area (Å²) in [5.74, 6) is 0.609. The van der Waals surface area contributed by atoms with Gasteiger partial charge >= 0.3 is 0 Å². The van der Waals surface area contributed by atoms with E-state index in [1.807, 2.05) is 45.9 Å². The van der Waals surface area contributed by atoms with E-state index in [1.165, 1.54) is 0 Å². The van der Waals surface area contributed by atoms with Gasteiger partial charge in [0.25, 0.3) is 0 Å². The van der Waals surface area contributed by atoms with E-state index < -0.39 is 6.04 Å². The lowest BCUT2D eigenvalue weighted by atomic mass is 9.87. The molecule has 3 N–H and O–H groups in total. The lowest BCUT2D eigenvalue weighted by Crippen LogP contribution is -2.48. The molecule has 0 unspecified atom stereocenters. The molecule has 1 atom stereocenters. The summed E-state index contributed by atoms with van der Waals surface area (Å²) in [5.41, 5.74) is 7.72. The Balaban J connectivity index is 2.70. The highest BCUT2D eigenvalue weighted by atomic mass is 16.5. The van der Waals surface area contributed by atoms with Crippen molar-refractivity contribution in [2.24, 2.45) is 11.1 Å². The lowest BCUT2D eigenvalue weighted by Gasteiger charge is -2.26. The van der Waals surface area contributed by atoms with Crippen molar-refractivity contribution in [1.82, 2.24) is 5.32 Å². The second-order valence-corrected chi connectivity index (χ2v) is 6.51. The van der Waals surface area contributed by atoms with Crippen molar-refractivity contribution in [2.75, 3.05) is 20.3 Å². The zero-order chi connectivity index (χ0) is 16.8. The molecule has 0 fully saturated rings. The number of benzene rings is 1. The van der Waals surface area contributed by atoms with Gasteiger partial charge in [0.05, 0.1) is 12.6 Å². The fourth-order valence-electron chi connectivity index (χ4n) is 1.86. The third-order valence-corrected chi connectivity index (χ3v) is 3.44. The van der Waals surface area contributed by atoms with Gasteiger partial charge in [0, 0.05) is 19.2 Å². The van der Waals surface area contributed by atoms with Crippen molar-refractivity contribution < 1.29 is 14.3 Å². The predicted molar refractivity (Wildman–Crippen MR) is 87.8 cm³/mol. The molecular formula is C17H28N2O3. The highest BCUT2D eigenvalue weighted by molar-refractivity contribution is 5.82.